The van der Waals surface area contributed by atoms with Gasteiger partial charge in [0.25, 0.3) is 0 Å². The molecule has 2 saturated heterocycles. The highest BCUT2D eigenvalue weighted by Crippen LogP contribution is 2.17. The van der Waals surface area contributed by atoms with E-state index in [0.29, 0.717) is 24.6 Å². The first-order valence-electron chi connectivity index (χ1n) is 16.4. The van der Waals surface area contributed by atoms with Gasteiger partial charge in [0.05, 0.1) is 23.0 Å². The Morgan fingerprint density at radius 2 is 1.08 bits per heavy atom. The summed E-state index contributed by atoms with van der Waals surface area (Å²) in [5.74, 6) is -0.649. The van der Waals surface area contributed by atoms with Crippen LogP contribution in [-0.2, 0) is 33.9 Å². The quantitative estimate of drug-likeness (QED) is 0.229. The van der Waals surface area contributed by atoms with Crippen molar-refractivity contribution in [1.29, 1.82) is 0 Å². The standard InChI is InChI=1S/C19H31N3O5S.C14H23N3O3S/c1-19(2,3)27-18(23)20-16-5-7-17(8-6-16)28(24,25)15-26-14-13-22-11-9-21(4)10-12-22;1-16-6-8-17(9-7-16)10-11-20-12-21(18,19)14-4-2-13(15)3-5-14/h5-8H,9-15H2,1-4H3,(H,20,23);2-5H,6-12,15H2,1H3. The number of nitrogens with two attached hydrogens (primary N) is 1. The Kier molecular flexibility index (Phi) is 15.7. The summed E-state index contributed by atoms with van der Waals surface area (Å²) in [4.78, 5) is 21.3. The van der Waals surface area contributed by atoms with Crippen molar-refractivity contribution in [3.05, 3.63) is 48.5 Å². The van der Waals surface area contributed by atoms with Crippen LogP contribution in [0.3, 0.4) is 0 Å². The SMILES string of the molecule is CN1CCN(CCOCS(=O)(=O)c2ccc(N)cc2)CC1.CN1CCN(CCOCS(=O)(=O)c2ccc(NC(=O)OC(C)(C)C)cc2)CC1. The highest BCUT2D eigenvalue weighted by Gasteiger charge is 2.19. The molecule has 3 N–H and O–H groups in total. The highest BCUT2D eigenvalue weighted by atomic mass is 32.2. The molecule has 1 amide bonds. The molecule has 0 unspecified atom stereocenters. The van der Waals surface area contributed by atoms with Gasteiger partial charge in [-0.05, 0) is 83.4 Å². The molecule has 2 heterocycles. The first-order chi connectivity index (χ1) is 23.0. The van der Waals surface area contributed by atoms with Crippen LogP contribution < -0.4 is 11.1 Å². The molecule has 0 aromatic heterocycles. The Bertz CT molecular complexity index is 1500. The molecule has 0 radical (unpaired) electrons. The van der Waals surface area contributed by atoms with Crippen LogP contribution in [-0.4, -0.2) is 153 Å². The lowest BCUT2D eigenvalue weighted by molar-refractivity contribution is 0.0636. The molecular weight excluding hydrogens is 673 g/mol. The Labute approximate surface area is 292 Å². The smallest absolute Gasteiger partial charge is 0.412 e. The molecule has 2 aromatic carbocycles. The monoisotopic (exact) mass is 726 g/mol. The molecule has 2 fully saturated rings. The lowest BCUT2D eigenvalue weighted by atomic mass is 10.2. The number of nitrogens with zero attached hydrogens (tertiary/aromatic N) is 4. The summed E-state index contributed by atoms with van der Waals surface area (Å²) in [5.41, 5.74) is 5.96. The van der Waals surface area contributed by atoms with Crippen molar-refractivity contribution in [3.8, 4) is 0 Å². The number of nitrogens with one attached hydrogen (secondary N) is 1. The Balaban J connectivity index is 0.000000276. The second kappa shape index (κ2) is 19.0. The van der Waals surface area contributed by atoms with E-state index in [1.165, 1.54) is 36.4 Å². The number of amides is 1. The summed E-state index contributed by atoms with van der Waals surface area (Å²) in [6.45, 7) is 15.7. The van der Waals surface area contributed by atoms with Gasteiger partial charge in [-0.25, -0.2) is 21.6 Å². The van der Waals surface area contributed by atoms with Crippen LogP contribution in [0, 0.1) is 0 Å². The van der Waals surface area contributed by atoms with Crippen molar-refractivity contribution in [3.63, 3.8) is 0 Å². The van der Waals surface area contributed by atoms with Crippen LogP contribution in [0.5, 0.6) is 0 Å². The third-order valence-corrected chi connectivity index (χ3v) is 10.8. The van der Waals surface area contributed by atoms with E-state index < -0.39 is 31.4 Å². The average molecular weight is 727 g/mol. The van der Waals surface area contributed by atoms with E-state index in [-0.39, 0.29) is 21.7 Å². The number of hydrogen-bond donors (Lipinski definition) is 2. The average Bonchev–Trinajstić information content (AvgIpc) is 3.03. The minimum absolute atomic E-state index is 0.154. The first kappa shape index (κ1) is 40.6. The van der Waals surface area contributed by atoms with E-state index in [0.717, 1.165) is 65.4 Å². The first-order valence-corrected chi connectivity index (χ1v) is 19.7. The molecule has 276 valence electrons. The lowest BCUT2D eigenvalue weighted by Gasteiger charge is -2.32. The van der Waals surface area contributed by atoms with Crippen LogP contribution in [0.15, 0.2) is 58.3 Å². The van der Waals surface area contributed by atoms with Crippen molar-refractivity contribution < 1.29 is 35.8 Å². The van der Waals surface area contributed by atoms with Crippen molar-refractivity contribution in [2.45, 2.75) is 36.2 Å². The highest BCUT2D eigenvalue weighted by molar-refractivity contribution is 7.91. The zero-order valence-corrected chi connectivity index (χ0v) is 31.1. The lowest BCUT2D eigenvalue weighted by Crippen LogP contribution is -2.45. The number of anilines is 2. The second-order valence-electron chi connectivity index (χ2n) is 13.3. The van der Waals surface area contributed by atoms with Gasteiger partial charge in [0.15, 0.2) is 11.9 Å². The molecule has 0 bridgehead atoms. The molecule has 2 aliphatic heterocycles. The minimum Gasteiger partial charge on any atom is -0.444 e. The molecule has 16 heteroatoms. The number of piperazine rings is 2. The number of carbonyl (C=O) groups excluding carboxylic acids is 1. The fourth-order valence-electron chi connectivity index (χ4n) is 4.85. The zero-order chi connectivity index (χ0) is 36.1. The summed E-state index contributed by atoms with van der Waals surface area (Å²) in [7, 11) is -2.74. The molecule has 0 spiro atoms. The molecule has 0 aliphatic carbocycles. The van der Waals surface area contributed by atoms with Crippen LogP contribution >= 0.6 is 0 Å². The third-order valence-electron chi connectivity index (χ3n) is 7.87. The molecule has 4 rings (SSSR count). The predicted octanol–water partition coefficient (Wildman–Crippen LogP) is 2.29. The summed E-state index contributed by atoms with van der Waals surface area (Å²) < 4.78 is 64.8. The fraction of sp³-hybridized carbons (Fsp3) is 0.606. The van der Waals surface area contributed by atoms with Gasteiger partial charge in [-0.15, -0.1) is 0 Å². The van der Waals surface area contributed by atoms with Crippen molar-refractivity contribution in [2.24, 2.45) is 0 Å². The normalized spacial score (nSPS) is 17.2. The molecule has 0 saturated carbocycles. The molecule has 2 aromatic rings. The number of nitrogen functional groups attached to an aromatic ring is 1. The van der Waals surface area contributed by atoms with Gasteiger partial charge in [0.1, 0.15) is 5.60 Å². The van der Waals surface area contributed by atoms with Gasteiger partial charge in [0.2, 0.25) is 19.7 Å². The van der Waals surface area contributed by atoms with Crippen LogP contribution in [0.1, 0.15) is 20.8 Å². The van der Waals surface area contributed by atoms with Gasteiger partial charge < -0.3 is 29.7 Å². The van der Waals surface area contributed by atoms with Gasteiger partial charge in [-0.1, -0.05) is 0 Å². The van der Waals surface area contributed by atoms with Gasteiger partial charge in [0, 0.05) is 76.8 Å². The fourth-order valence-corrected chi connectivity index (χ4v) is 6.89. The largest absolute Gasteiger partial charge is 0.444 e. The van der Waals surface area contributed by atoms with Crippen molar-refractivity contribution >= 4 is 37.1 Å². The molecular formula is C33H54N6O8S2. The van der Waals surface area contributed by atoms with Crippen LogP contribution in [0.25, 0.3) is 0 Å². The molecule has 0 atom stereocenters. The second-order valence-corrected chi connectivity index (χ2v) is 17.2. The van der Waals surface area contributed by atoms with Gasteiger partial charge in [-0.3, -0.25) is 15.1 Å². The molecule has 49 heavy (non-hydrogen) atoms. The summed E-state index contributed by atoms with van der Waals surface area (Å²) in [5, 5.41) is 2.57. The molecule has 2 aliphatic rings. The number of sulfone groups is 2. The van der Waals surface area contributed by atoms with Crippen molar-refractivity contribution in [2.75, 3.05) is 116 Å². The zero-order valence-electron chi connectivity index (χ0n) is 29.5. The van der Waals surface area contributed by atoms with E-state index in [4.69, 9.17) is 19.9 Å². The summed E-state index contributed by atoms with van der Waals surface area (Å²) >= 11 is 0. The van der Waals surface area contributed by atoms with Crippen LogP contribution in [0.2, 0.25) is 0 Å². The van der Waals surface area contributed by atoms with Gasteiger partial charge in [-0.2, -0.15) is 0 Å². The maximum absolute atomic E-state index is 12.4. The predicted molar refractivity (Wildman–Crippen MR) is 191 cm³/mol. The number of benzene rings is 2. The Morgan fingerprint density at radius 1 is 0.694 bits per heavy atom. The summed E-state index contributed by atoms with van der Waals surface area (Å²) in [6.07, 6.45) is -0.588. The number of rotatable bonds is 13. The van der Waals surface area contributed by atoms with Crippen molar-refractivity contribution in [1.82, 2.24) is 19.6 Å². The number of likely N-dealkylation sites (N-methyl/N-ethyl adjacent to an activating group) is 2. The number of ether oxygens (including phenoxy) is 3. The minimum atomic E-state index is -3.54. The topological polar surface area (TPSA) is 164 Å². The molecule has 14 nitrogen and oxygen atoms in total. The number of hydrogen-bond acceptors (Lipinski definition) is 13. The van der Waals surface area contributed by atoms with E-state index in [1.807, 2.05) is 0 Å². The maximum atomic E-state index is 12.4. The van der Waals surface area contributed by atoms with E-state index in [1.54, 1.807) is 32.9 Å². The Hall–Kier alpha value is -2.83. The third kappa shape index (κ3) is 15.3. The summed E-state index contributed by atoms with van der Waals surface area (Å²) in [6, 6.07) is 12.1. The van der Waals surface area contributed by atoms with E-state index in [9.17, 15) is 21.6 Å². The Morgan fingerprint density at radius 3 is 1.47 bits per heavy atom. The van der Waals surface area contributed by atoms with E-state index >= 15 is 0 Å². The maximum Gasteiger partial charge on any atom is 0.412 e. The van der Waals surface area contributed by atoms with Gasteiger partial charge >= 0.3 is 6.09 Å². The number of carbonyl (C=O) groups is 1. The van der Waals surface area contributed by atoms with E-state index in [2.05, 4.69) is 39.0 Å². The van der Waals surface area contributed by atoms with Crippen LogP contribution in [0.4, 0.5) is 16.2 Å².